The van der Waals surface area contributed by atoms with Crippen LogP contribution in [0.15, 0.2) is 46.9 Å². The molecule has 1 heterocycles. The van der Waals surface area contributed by atoms with Crippen LogP contribution in [-0.2, 0) is 0 Å². The van der Waals surface area contributed by atoms with Crippen LogP contribution in [-0.4, -0.2) is 20.8 Å². The Bertz CT molecular complexity index is 644. The lowest BCUT2D eigenvalue weighted by atomic mass is 9.88. The van der Waals surface area contributed by atoms with Gasteiger partial charge in [0.1, 0.15) is 11.5 Å². The van der Waals surface area contributed by atoms with Gasteiger partial charge in [-0.15, -0.1) is 0 Å². The largest absolute Gasteiger partial charge is 0.497 e. The quantitative estimate of drug-likeness (QED) is 0.909. The fraction of sp³-hybridized carbons (Fsp3) is 0.294. The summed E-state index contributed by atoms with van der Waals surface area (Å²) in [5, 5.41) is 3.43. The van der Waals surface area contributed by atoms with Crippen LogP contribution >= 0.6 is 15.9 Å². The lowest BCUT2D eigenvalue weighted by Gasteiger charge is -2.24. The summed E-state index contributed by atoms with van der Waals surface area (Å²) in [6.45, 7) is 0.698. The Kier molecular flexibility index (Phi) is 4.17. The standard InChI is InChI=1S/C17H18BrNO2/c1-19-17(13-8-7-11(20-2)9-15(13)18)14-10-21-16-6-4-3-5-12(14)16/h3-9,14,17,19H,10H2,1-2H3. The van der Waals surface area contributed by atoms with Crippen LogP contribution in [0.3, 0.4) is 0 Å². The second-order valence-corrected chi connectivity index (χ2v) is 5.96. The Morgan fingerprint density at radius 1 is 1.29 bits per heavy atom. The molecule has 0 saturated carbocycles. The highest BCUT2D eigenvalue weighted by molar-refractivity contribution is 9.10. The predicted octanol–water partition coefficient (Wildman–Crippen LogP) is 3.89. The maximum absolute atomic E-state index is 5.82. The Labute approximate surface area is 133 Å². The minimum Gasteiger partial charge on any atom is -0.497 e. The first kappa shape index (κ1) is 14.4. The summed E-state index contributed by atoms with van der Waals surface area (Å²) >= 11 is 3.66. The van der Waals surface area contributed by atoms with Crippen molar-refractivity contribution in [3.05, 3.63) is 58.1 Å². The highest BCUT2D eigenvalue weighted by Gasteiger charge is 2.32. The van der Waals surface area contributed by atoms with Crippen molar-refractivity contribution in [2.75, 3.05) is 20.8 Å². The molecule has 0 spiro atoms. The molecule has 0 fully saturated rings. The minimum absolute atomic E-state index is 0.189. The van der Waals surface area contributed by atoms with Gasteiger partial charge in [0.05, 0.1) is 13.7 Å². The van der Waals surface area contributed by atoms with Crippen molar-refractivity contribution < 1.29 is 9.47 Å². The molecule has 0 amide bonds. The van der Waals surface area contributed by atoms with E-state index in [0.717, 1.165) is 16.0 Å². The molecular formula is C17H18BrNO2. The summed E-state index contributed by atoms with van der Waals surface area (Å²) < 4.78 is 12.1. The number of para-hydroxylation sites is 1. The average Bonchev–Trinajstić information content (AvgIpc) is 2.94. The van der Waals surface area contributed by atoms with Gasteiger partial charge in [0, 0.05) is 22.0 Å². The number of fused-ring (bicyclic) bond motifs is 1. The van der Waals surface area contributed by atoms with Crippen LogP contribution in [0.5, 0.6) is 11.5 Å². The third-order valence-electron chi connectivity index (χ3n) is 3.99. The monoisotopic (exact) mass is 347 g/mol. The number of likely N-dealkylation sites (N-methyl/N-ethyl adjacent to an activating group) is 1. The van der Waals surface area contributed by atoms with Gasteiger partial charge in [0.25, 0.3) is 0 Å². The summed E-state index contributed by atoms with van der Waals surface area (Å²) in [5.74, 6) is 2.15. The van der Waals surface area contributed by atoms with E-state index in [1.54, 1.807) is 7.11 Å². The molecule has 2 atom stereocenters. The molecule has 0 bridgehead atoms. The van der Waals surface area contributed by atoms with Crippen molar-refractivity contribution in [1.82, 2.24) is 5.32 Å². The second kappa shape index (κ2) is 6.08. The van der Waals surface area contributed by atoms with Gasteiger partial charge in [-0.1, -0.05) is 40.2 Å². The van der Waals surface area contributed by atoms with Crippen LogP contribution < -0.4 is 14.8 Å². The van der Waals surface area contributed by atoms with Crippen molar-refractivity contribution in [3.63, 3.8) is 0 Å². The zero-order valence-electron chi connectivity index (χ0n) is 12.1. The first-order valence-corrected chi connectivity index (χ1v) is 7.76. The van der Waals surface area contributed by atoms with E-state index in [4.69, 9.17) is 9.47 Å². The molecule has 1 aliphatic rings. The number of nitrogens with one attached hydrogen (secondary N) is 1. The summed E-state index contributed by atoms with van der Waals surface area (Å²) in [4.78, 5) is 0. The summed E-state index contributed by atoms with van der Waals surface area (Å²) in [6.07, 6.45) is 0. The number of ether oxygens (including phenoxy) is 2. The van der Waals surface area contributed by atoms with Crippen molar-refractivity contribution in [2.24, 2.45) is 0 Å². The zero-order chi connectivity index (χ0) is 14.8. The highest BCUT2D eigenvalue weighted by Crippen LogP contribution is 2.43. The van der Waals surface area contributed by atoms with Crippen molar-refractivity contribution in [2.45, 2.75) is 12.0 Å². The number of methoxy groups -OCH3 is 1. The fourth-order valence-corrected chi connectivity index (χ4v) is 3.53. The molecule has 2 aromatic rings. The van der Waals surface area contributed by atoms with Crippen molar-refractivity contribution in [3.8, 4) is 11.5 Å². The molecule has 0 saturated heterocycles. The number of benzene rings is 2. The van der Waals surface area contributed by atoms with Crippen LogP contribution in [0, 0.1) is 0 Å². The van der Waals surface area contributed by atoms with Crippen LogP contribution in [0.2, 0.25) is 0 Å². The van der Waals surface area contributed by atoms with Gasteiger partial charge < -0.3 is 14.8 Å². The van der Waals surface area contributed by atoms with Gasteiger partial charge in [-0.3, -0.25) is 0 Å². The lowest BCUT2D eigenvalue weighted by Crippen LogP contribution is -2.25. The van der Waals surface area contributed by atoms with Gasteiger partial charge in [-0.05, 0) is 30.8 Å². The van der Waals surface area contributed by atoms with E-state index in [-0.39, 0.29) is 6.04 Å². The summed E-state index contributed by atoms with van der Waals surface area (Å²) in [5.41, 5.74) is 2.48. The van der Waals surface area contributed by atoms with E-state index < -0.39 is 0 Å². The van der Waals surface area contributed by atoms with Crippen molar-refractivity contribution >= 4 is 15.9 Å². The lowest BCUT2D eigenvalue weighted by molar-refractivity contribution is 0.304. The highest BCUT2D eigenvalue weighted by atomic mass is 79.9. The molecule has 3 rings (SSSR count). The number of rotatable bonds is 4. The zero-order valence-corrected chi connectivity index (χ0v) is 13.7. The van der Waals surface area contributed by atoms with E-state index in [9.17, 15) is 0 Å². The van der Waals surface area contributed by atoms with Gasteiger partial charge in [0.15, 0.2) is 0 Å². The van der Waals surface area contributed by atoms with Crippen LogP contribution in [0.1, 0.15) is 23.1 Å². The smallest absolute Gasteiger partial charge is 0.122 e. The third kappa shape index (κ3) is 2.65. The van der Waals surface area contributed by atoms with Gasteiger partial charge >= 0.3 is 0 Å². The van der Waals surface area contributed by atoms with Gasteiger partial charge in [-0.2, -0.15) is 0 Å². The summed E-state index contributed by atoms with van der Waals surface area (Å²) in [6, 6.07) is 14.5. The number of halogens is 1. The Hall–Kier alpha value is -1.52. The molecule has 0 aliphatic carbocycles. The molecule has 0 radical (unpaired) electrons. The molecule has 110 valence electrons. The topological polar surface area (TPSA) is 30.5 Å². The molecule has 4 heteroatoms. The Morgan fingerprint density at radius 3 is 2.81 bits per heavy atom. The second-order valence-electron chi connectivity index (χ2n) is 5.11. The molecular weight excluding hydrogens is 330 g/mol. The van der Waals surface area contributed by atoms with Crippen molar-refractivity contribution in [1.29, 1.82) is 0 Å². The summed E-state index contributed by atoms with van der Waals surface area (Å²) in [7, 11) is 3.67. The van der Waals surface area contributed by atoms with E-state index in [2.05, 4.69) is 39.4 Å². The first-order valence-electron chi connectivity index (χ1n) is 6.97. The number of hydrogen-bond donors (Lipinski definition) is 1. The van der Waals surface area contributed by atoms with Crippen LogP contribution in [0.25, 0.3) is 0 Å². The minimum atomic E-state index is 0.189. The molecule has 0 aromatic heterocycles. The SMILES string of the molecule is CNC(c1ccc(OC)cc1Br)C1COc2ccccc21. The van der Waals surface area contributed by atoms with E-state index >= 15 is 0 Å². The first-order chi connectivity index (χ1) is 10.2. The van der Waals surface area contributed by atoms with E-state index in [1.807, 2.05) is 31.3 Å². The van der Waals surface area contributed by atoms with Crippen LogP contribution in [0.4, 0.5) is 0 Å². The normalized spacial score (nSPS) is 18.0. The average molecular weight is 348 g/mol. The molecule has 2 unspecified atom stereocenters. The van der Waals surface area contributed by atoms with Gasteiger partial charge in [-0.25, -0.2) is 0 Å². The Balaban J connectivity index is 1.97. The molecule has 21 heavy (non-hydrogen) atoms. The third-order valence-corrected chi connectivity index (χ3v) is 4.68. The maximum Gasteiger partial charge on any atom is 0.122 e. The molecule has 3 nitrogen and oxygen atoms in total. The predicted molar refractivity (Wildman–Crippen MR) is 87.2 cm³/mol. The Morgan fingerprint density at radius 2 is 2.10 bits per heavy atom. The fourth-order valence-electron chi connectivity index (χ4n) is 2.92. The number of hydrogen-bond acceptors (Lipinski definition) is 3. The van der Waals surface area contributed by atoms with E-state index in [1.165, 1.54) is 11.1 Å². The van der Waals surface area contributed by atoms with E-state index in [0.29, 0.717) is 12.5 Å². The molecule has 1 aliphatic heterocycles. The maximum atomic E-state index is 5.82. The molecule has 1 N–H and O–H groups in total. The molecule has 2 aromatic carbocycles. The van der Waals surface area contributed by atoms with Gasteiger partial charge in [0.2, 0.25) is 0 Å².